The zero-order valence-electron chi connectivity index (χ0n) is 12.3. The Balaban J connectivity index is 3.16. The number of carbonyl (C=O) groups excluding carboxylic acids is 1. The van der Waals surface area contributed by atoms with E-state index in [0.29, 0.717) is 19.6 Å². The van der Waals surface area contributed by atoms with Crippen molar-refractivity contribution < 1.29 is 9.72 Å². The Morgan fingerprint density at radius 2 is 2.19 bits per heavy atom. The number of halogens is 1. The van der Waals surface area contributed by atoms with E-state index in [1.165, 1.54) is 11.0 Å². The molecule has 116 valence electrons. The highest BCUT2D eigenvalue weighted by molar-refractivity contribution is 6.29. The molecular formula is C13H19ClN4O3. The molecule has 0 saturated heterocycles. The van der Waals surface area contributed by atoms with E-state index in [1.807, 2.05) is 13.8 Å². The van der Waals surface area contributed by atoms with E-state index in [1.54, 1.807) is 6.92 Å². The SMILES string of the molecule is CCN(CC(C)(C)CN)C(=O)c1cc(Cl)ncc1[N+](=O)[O-]. The summed E-state index contributed by atoms with van der Waals surface area (Å²) in [5.74, 6) is -0.449. The van der Waals surface area contributed by atoms with Gasteiger partial charge in [0.2, 0.25) is 0 Å². The summed E-state index contributed by atoms with van der Waals surface area (Å²) >= 11 is 5.75. The molecule has 0 unspecified atom stereocenters. The van der Waals surface area contributed by atoms with Gasteiger partial charge in [0.1, 0.15) is 16.9 Å². The van der Waals surface area contributed by atoms with Crippen molar-refractivity contribution in [2.45, 2.75) is 20.8 Å². The number of nitrogens with zero attached hydrogens (tertiary/aromatic N) is 3. The molecule has 0 saturated carbocycles. The predicted molar refractivity (Wildman–Crippen MR) is 80.3 cm³/mol. The smallest absolute Gasteiger partial charge is 0.300 e. The van der Waals surface area contributed by atoms with E-state index in [0.717, 1.165) is 6.20 Å². The first-order valence-electron chi connectivity index (χ1n) is 6.51. The summed E-state index contributed by atoms with van der Waals surface area (Å²) in [6, 6.07) is 1.22. The van der Waals surface area contributed by atoms with Crippen LogP contribution in [-0.2, 0) is 0 Å². The first kappa shape index (κ1) is 17.3. The molecule has 0 spiro atoms. The lowest BCUT2D eigenvalue weighted by Crippen LogP contribution is -2.42. The lowest BCUT2D eigenvalue weighted by molar-refractivity contribution is -0.385. The molecule has 0 fully saturated rings. The number of amides is 1. The van der Waals surface area contributed by atoms with Gasteiger partial charge in [-0.1, -0.05) is 25.4 Å². The van der Waals surface area contributed by atoms with Gasteiger partial charge in [0, 0.05) is 13.1 Å². The fourth-order valence-electron chi connectivity index (χ4n) is 1.82. The summed E-state index contributed by atoms with van der Waals surface area (Å²) < 4.78 is 0. The minimum atomic E-state index is -0.640. The monoisotopic (exact) mass is 314 g/mol. The molecule has 1 rings (SSSR count). The van der Waals surface area contributed by atoms with Gasteiger partial charge in [-0.2, -0.15) is 0 Å². The van der Waals surface area contributed by atoms with Crippen molar-refractivity contribution in [3.8, 4) is 0 Å². The first-order chi connectivity index (χ1) is 9.71. The molecule has 0 aromatic carbocycles. The topological polar surface area (TPSA) is 102 Å². The Bertz CT molecular complexity index is 548. The first-order valence-corrected chi connectivity index (χ1v) is 6.89. The molecule has 0 aliphatic carbocycles. The van der Waals surface area contributed by atoms with Crippen molar-refractivity contribution in [3.63, 3.8) is 0 Å². The minimum absolute atomic E-state index is 0.0399. The van der Waals surface area contributed by atoms with Gasteiger partial charge in [-0.05, 0) is 24.9 Å². The number of nitrogens with two attached hydrogens (primary N) is 1. The van der Waals surface area contributed by atoms with Gasteiger partial charge in [-0.3, -0.25) is 14.9 Å². The molecule has 1 heterocycles. The van der Waals surface area contributed by atoms with Crippen LogP contribution in [0.25, 0.3) is 0 Å². The van der Waals surface area contributed by atoms with Gasteiger partial charge < -0.3 is 10.6 Å². The normalized spacial score (nSPS) is 11.3. The maximum absolute atomic E-state index is 12.5. The minimum Gasteiger partial charge on any atom is -0.338 e. The Morgan fingerprint density at radius 3 is 2.67 bits per heavy atom. The van der Waals surface area contributed by atoms with E-state index in [-0.39, 0.29) is 21.8 Å². The highest BCUT2D eigenvalue weighted by atomic mass is 35.5. The largest absolute Gasteiger partial charge is 0.338 e. The molecule has 0 radical (unpaired) electrons. The summed E-state index contributed by atoms with van der Waals surface area (Å²) in [5.41, 5.74) is 4.98. The fourth-order valence-corrected chi connectivity index (χ4v) is 1.98. The number of carbonyl (C=O) groups is 1. The maximum atomic E-state index is 12.5. The predicted octanol–water partition coefficient (Wildman–Crippen LogP) is 2.09. The van der Waals surface area contributed by atoms with Crippen molar-refractivity contribution in [3.05, 3.63) is 33.1 Å². The van der Waals surface area contributed by atoms with Crippen LogP contribution in [0.15, 0.2) is 12.3 Å². The Hall–Kier alpha value is -1.73. The van der Waals surface area contributed by atoms with Crippen LogP contribution in [0.3, 0.4) is 0 Å². The van der Waals surface area contributed by atoms with Gasteiger partial charge in [-0.15, -0.1) is 0 Å². The molecular weight excluding hydrogens is 296 g/mol. The third-order valence-electron chi connectivity index (χ3n) is 3.12. The van der Waals surface area contributed by atoms with Crippen molar-refractivity contribution in [1.29, 1.82) is 0 Å². The Morgan fingerprint density at radius 1 is 1.57 bits per heavy atom. The molecule has 1 aromatic heterocycles. The number of nitro groups is 1. The van der Waals surface area contributed by atoms with Crippen molar-refractivity contribution in [1.82, 2.24) is 9.88 Å². The quantitative estimate of drug-likeness (QED) is 0.492. The highest BCUT2D eigenvalue weighted by Gasteiger charge is 2.28. The average molecular weight is 315 g/mol. The van der Waals surface area contributed by atoms with Crippen molar-refractivity contribution in [2.24, 2.45) is 11.1 Å². The van der Waals surface area contributed by atoms with Crippen LogP contribution in [0.2, 0.25) is 5.15 Å². The lowest BCUT2D eigenvalue weighted by Gasteiger charge is -2.31. The summed E-state index contributed by atoms with van der Waals surface area (Å²) in [5, 5.41) is 11.1. The third-order valence-corrected chi connectivity index (χ3v) is 3.32. The van der Waals surface area contributed by atoms with Crippen LogP contribution in [-0.4, -0.2) is 40.3 Å². The molecule has 21 heavy (non-hydrogen) atoms. The summed E-state index contributed by atoms with van der Waals surface area (Å²) in [7, 11) is 0. The second kappa shape index (κ2) is 6.82. The van der Waals surface area contributed by atoms with Gasteiger partial charge in [0.15, 0.2) is 0 Å². The number of aromatic nitrogens is 1. The molecule has 0 bridgehead atoms. The number of rotatable bonds is 6. The van der Waals surface area contributed by atoms with Gasteiger partial charge in [0.05, 0.1) is 4.92 Å². The van der Waals surface area contributed by atoms with Gasteiger partial charge in [-0.25, -0.2) is 4.98 Å². The van der Waals surface area contributed by atoms with Crippen molar-refractivity contribution in [2.75, 3.05) is 19.6 Å². The molecule has 0 aliphatic heterocycles. The van der Waals surface area contributed by atoms with Crippen LogP contribution in [0.4, 0.5) is 5.69 Å². The zero-order chi connectivity index (χ0) is 16.2. The Labute approximate surface area is 128 Å². The van der Waals surface area contributed by atoms with Gasteiger partial charge >= 0.3 is 0 Å². The van der Waals surface area contributed by atoms with Gasteiger partial charge in [0.25, 0.3) is 11.6 Å². The molecule has 0 atom stereocenters. The molecule has 0 aliphatic rings. The third kappa shape index (κ3) is 4.37. The van der Waals surface area contributed by atoms with Crippen LogP contribution < -0.4 is 5.73 Å². The molecule has 8 heteroatoms. The molecule has 2 N–H and O–H groups in total. The van der Waals surface area contributed by atoms with Crippen LogP contribution in [0.1, 0.15) is 31.1 Å². The zero-order valence-corrected chi connectivity index (χ0v) is 13.1. The van der Waals surface area contributed by atoms with E-state index >= 15 is 0 Å². The molecule has 1 amide bonds. The van der Waals surface area contributed by atoms with E-state index in [2.05, 4.69) is 4.98 Å². The lowest BCUT2D eigenvalue weighted by atomic mass is 9.93. The second-order valence-electron chi connectivity index (χ2n) is 5.47. The molecule has 1 aromatic rings. The number of hydrogen-bond acceptors (Lipinski definition) is 5. The van der Waals surface area contributed by atoms with Crippen LogP contribution in [0.5, 0.6) is 0 Å². The second-order valence-corrected chi connectivity index (χ2v) is 5.86. The maximum Gasteiger partial charge on any atom is 0.300 e. The summed E-state index contributed by atoms with van der Waals surface area (Å²) in [6.07, 6.45) is 0.998. The molecule has 7 nitrogen and oxygen atoms in total. The summed E-state index contributed by atoms with van der Waals surface area (Å²) in [6.45, 7) is 6.87. The van der Waals surface area contributed by atoms with E-state index in [4.69, 9.17) is 17.3 Å². The Kier molecular flexibility index (Phi) is 5.62. The van der Waals surface area contributed by atoms with Crippen molar-refractivity contribution >= 4 is 23.2 Å². The van der Waals surface area contributed by atoms with Crippen LogP contribution >= 0.6 is 11.6 Å². The number of pyridine rings is 1. The average Bonchev–Trinajstić information content (AvgIpc) is 2.43. The standard InChI is InChI=1S/C13H19ClN4O3/c1-4-17(8-13(2,3)7-15)12(19)9-5-11(14)16-6-10(9)18(20)21/h5-6H,4,7-8,15H2,1-3H3. The van der Waals surface area contributed by atoms with Crippen LogP contribution in [0, 0.1) is 15.5 Å². The highest BCUT2D eigenvalue weighted by Crippen LogP contribution is 2.24. The number of hydrogen-bond donors (Lipinski definition) is 1. The van der Waals surface area contributed by atoms with E-state index in [9.17, 15) is 14.9 Å². The van der Waals surface area contributed by atoms with E-state index < -0.39 is 10.8 Å². The summed E-state index contributed by atoms with van der Waals surface area (Å²) in [4.78, 5) is 28.1. The fraction of sp³-hybridized carbons (Fsp3) is 0.538.